The molecule has 4 heteroatoms. The zero-order valence-corrected chi connectivity index (χ0v) is 16.0. The van der Waals surface area contributed by atoms with E-state index in [2.05, 4.69) is 11.4 Å². The zero-order chi connectivity index (χ0) is 18.9. The van der Waals surface area contributed by atoms with E-state index in [0.29, 0.717) is 17.1 Å². The Bertz CT molecular complexity index is 773. The van der Waals surface area contributed by atoms with Crippen molar-refractivity contribution < 1.29 is 13.9 Å². The molecule has 0 spiro atoms. The van der Waals surface area contributed by atoms with Gasteiger partial charge in [0.25, 0.3) is 0 Å². The van der Waals surface area contributed by atoms with Gasteiger partial charge >= 0.3 is 0 Å². The molecule has 0 radical (unpaired) electrons. The fraction of sp³-hybridized carbons (Fsp3) is 0.391. The second-order valence-corrected chi connectivity index (χ2v) is 6.90. The maximum absolute atomic E-state index is 13.7. The lowest BCUT2D eigenvalue weighted by atomic mass is 9.97. The Kier molecular flexibility index (Phi) is 7.28. The van der Waals surface area contributed by atoms with Crippen LogP contribution in [0.5, 0.6) is 11.5 Å². The highest BCUT2D eigenvalue weighted by Gasteiger charge is 2.08. The van der Waals surface area contributed by atoms with Gasteiger partial charge in [-0.1, -0.05) is 35.9 Å². The number of hydrogen-bond donors (Lipinski definition) is 1. The molecule has 0 fully saturated rings. The normalized spacial score (nSPS) is 13.9. The van der Waals surface area contributed by atoms with Crippen molar-refractivity contribution in [2.24, 2.45) is 0 Å². The first-order chi connectivity index (χ1) is 13.3. The fourth-order valence-corrected chi connectivity index (χ4v) is 3.33. The van der Waals surface area contributed by atoms with Gasteiger partial charge in [0.05, 0.1) is 7.11 Å². The van der Waals surface area contributed by atoms with E-state index in [1.807, 2.05) is 18.2 Å². The molecule has 0 aromatic heterocycles. The molecule has 1 aliphatic carbocycles. The number of benzene rings is 2. The van der Waals surface area contributed by atoms with Gasteiger partial charge in [0, 0.05) is 12.1 Å². The lowest BCUT2D eigenvalue weighted by Gasteiger charge is -2.14. The standard InChI is InChI=1S/C23H28FNO2/c1-26-23-15-19(16-25-14-13-18-7-3-2-4-8-18)11-12-22(23)27-17-20-9-5-6-10-21(20)24/h5-7,9-12,15,25H,2-4,8,13-14,16-17H2,1H3. The Morgan fingerprint density at radius 3 is 2.74 bits per heavy atom. The number of ether oxygens (including phenoxy) is 2. The second-order valence-electron chi connectivity index (χ2n) is 6.90. The molecule has 3 rings (SSSR count). The number of methoxy groups -OCH3 is 1. The summed E-state index contributed by atoms with van der Waals surface area (Å²) in [5.74, 6) is 1.03. The summed E-state index contributed by atoms with van der Waals surface area (Å²) in [6, 6.07) is 12.5. The first-order valence-electron chi connectivity index (χ1n) is 9.68. The molecule has 0 amide bonds. The minimum Gasteiger partial charge on any atom is -0.493 e. The maximum Gasteiger partial charge on any atom is 0.161 e. The van der Waals surface area contributed by atoms with Gasteiger partial charge in [-0.2, -0.15) is 0 Å². The molecule has 0 heterocycles. The summed E-state index contributed by atoms with van der Waals surface area (Å²) < 4.78 is 24.9. The van der Waals surface area contributed by atoms with Crippen molar-refractivity contribution in [2.45, 2.75) is 45.3 Å². The van der Waals surface area contributed by atoms with Crippen LogP contribution in [0, 0.1) is 5.82 Å². The molecular formula is C23H28FNO2. The smallest absolute Gasteiger partial charge is 0.161 e. The van der Waals surface area contributed by atoms with E-state index in [1.54, 1.807) is 30.9 Å². The summed E-state index contributed by atoms with van der Waals surface area (Å²) in [5, 5.41) is 3.50. The Hall–Kier alpha value is -2.33. The van der Waals surface area contributed by atoms with Gasteiger partial charge in [-0.15, -0.1) is 0 Å². The first-order valence-corrected chi connectivity index (χ1v) is 9.68. The molecule has 144 valence electrons. The van der Waals surface area contributed by atoms with Crippen LogP contribution in [-0.4, -0.2) is 13.7 Å². The average Bonchev–Trinajstić information content (AvgIpc) is 2.72. The van der Waals surface area contributed by atoms with Crippen molar-refractivity contribution in [2.75, 3.05) is 13.7 Å². The maximum atomic E-state index is 13.7. The van der Waals surface area contributed by atoms with Gasteiger partial charge in [-0.3, -0.25) is 0 Å². The molecular weight excluding hydrogens is 341 g/mol. The average molecular weight is 369 g/mol. The molecule has 0 aliphatic heterocycles. The summed E-state index contributed by atoms with van der Waals surface area (Å²) in [4.78, 5) is 0. The molecule has 0 unspecified atom stereocenters. The van der Waals surface area contributed by atoms with E-state index in [1.165, 1.54) is 31.7 Å². The van der Waals surface area contributed by atoms with E-state index < -0.39 is 0 Å². The van der Waals surface area contributed by atoms with Crippen molar-refractivity contribution in [1.29, 1.82) is 0 Å². The number of allylic oxidation sites excluding steroid dienone is 1. The lowest BCUT2D eigenvalue weighted by molar-refractivity contribution is 0.279. The third kappa shape index (κ3) is 5.83. The first kappa shape index (κ1) is 19.4. The van der Waals surface area contributed by atoms with Crippen molar-refractivity contribution in [1.82, 2.24) is 5.32 Å². The van der Waals surface area contributed by atoms with E-state index in [4.69, 9.17) is 9.47 Å². The summed E-state index contributed by atoms with van der Waals surface area (Å²) in [5.41, 5.74) is 3.26. The number of nitrogens with one attached hydrogen (secondary N) is 1. The summed E-state index contributed by atoms with van der Waals surface area (Å²) >= 11 is 0. The molecule has 0 saturated heterocycles. The molecule has 0 saturated carbocycles. The Morgan fingerprint density at radius 1 is 1.07 bits per heavy atom. The predicted molar refractivity (Wildman–Crippen MR) is 107 cm³/mol. The van der Waals surface area contributed by atoms with Gasteiger partial charge in [0.15, 0.2) is 11.5 Å². The minimum atomic E-state index is -0.259. The second kappa shape index (κ2) is 10.1. The third-order valence-electron chi connectivity index (χ3n) is 4.91. The van der Waals surface area contributed by atoms with E-state index in [0.717, 1.165) is 25.1 Å². The Morgan fingerprint density at radius 2 is 1.96 bits per heavy atom. The Labute approximate surface area is 161 Å². The molecule has 2 aromatic carbocycles. The SMILES string of the molecule is COc1cc(CNCCC2=CCCCC2)ccc1OCc1ccccc1F. The number of halogens is 1. The van der Waals surface area contributed by atoms with Crippen LogP contribution in [0.2, 0.25) is 0 Å². The van der Waals surface area contributed by atoms with Crippen molar-refractivity contribution >= 4 is 0 Å². The number of hydrogen-bond acceptors (Lipinski definition) is 3. The minimum absolute atomic E-state index is 0.176. The van der Waals surface area contributed by atoms with Crippen LogP contribution in [0.1, 0.15) is 43.2 Å². The molecule has 1 aliphatic rings. The van der Waals surface area contributed by atoms with Crippen LogP contribution in [-0.2, 0) is 13.2 Å². The Balaban J connectivity index is 1.51. The van der Waals surface area contributed by atoms with E-state index >= 15 is 0 Å². The van der Waals surface area contributed by atoms with Gasteiger partial charge in [-0.05, 0) is 62.4 Å². The highest BCUT2D eigenvalue weighted by molar-refractivity contribution is 5.43. The number of rotatable bonds is 9. The topological polar surface area (TPSA) is 30.5 Å². The van der Waals surface area contributed by atoms with E-state index in [-0.39, 0.29) is 12.4 Å². The highest BCUT2D eigenvalue weighted by atomic mass is 19.1. The highest BCUT2D eigenvalue weighted by Crippen LogP contribution is 2.29. The fourth-order valence-electron chi connectivity index (χ4n) is 3.33. The summed E-state index contributed by atoms with van der Waals surface area (Å²) in [6.07, 6.45) is 8.68. The summed E-state index contributed by atoms with van der Waals surface area (Å²) in [7, 11) is 1.62. The molecule has 2 aromatic rings. The zero-order valence-electron chi connectivity index (χ0n) is 16.0. The van der Waals surface area contributed by atoms with Crippen LogP contribution in [0.4, 0.5) is 4.39 Å². The van der Waals surface area contributed by atoms with Crippen LogP contribution in [0.3, 0.4) is 0 Å². The quantitative estimate of drug-likeness (QED) is 0.475. The predicted octanol–water partition coefficient (Wildman–Crippen LogP) is 5.39. The van der Waals surface area contributed by atoms with Crippen LogP contribution >= 0.6 is 0 Å². The molecule has 0 atom stereocenters. The largest absolute Gasteiger partial charge is 0.493 e. The van der Waals surface area contributed by atoms with Crippen molar-refractivity contribution in [3.05, 3.63) is 71.1 Å². The molecule has 1 N–H and O–H groups in total. The van der Waals surface area contributed by atoms with Crippen LogP contribution < -0.4 is 14.8 Å². The van der Waals surface area contributed by atoms with Gasteiger partial charge < -0.3 is 14.8 Å². The van der Waals surface area contributed by atoms with E-state index in [9.17, 15) is 4.39 Å². The van der Waals surface area contributed by atoms with Gasteiger partial charge in [0.1, 0.15) is 12.4 Å². The lowest BCUT2D eigenvalue weighted by Crippen LogP contribution is -2.15. The van der Waals surface area contributed by atoms with Gasteiger partial charge in [0.2, 0.25) is 0 Å². The van der Waals surface area contributed by atoms with Crippen molar-refractivity contribution in [3.63, 3.8) is 0 Å². The summed E-state index contributed by atoms with van der Waals surface area (Å²) in [6.45, 7) is 1.95. The van der Waals surface area contributed by atoms with Gasteiger partial charge in [-0.25, -0.2) is 4.39 Å². The third-order valence-corrected chi connectivity index (χ3v) is 4.91. The van der Waals surface area contributed by atoms with Crippen molar-refractivity contribution in [3.8, 4) is 11.5 Å². The molecule has 0 bridgehead atoms. The molecule has 27 heavy (non-hydrogen) atoms. The van der Waals surface area contributed by atoms with Crippen LogP contribution in [0.15, 0.2) is 54.1 Å². The van der Waals surface area contributed by atoms with Crippen LogP contribution in [0.25, 0.3) is 0 Å². The molecule has 3 nitrogen and oxygen atoms in total. The monoisotopic (exact) mass is 369 g/mol.